The Hall–Kier alpha value is -2.85. The van der Waals surface area contributed by atoms with Crippen molar-refractivity contribution in [1.29, 1.82) is 0 Å². The van der Waals surface area contributed by atoms with E-state index in [1.165, 1.54) is 6.08 Å². The molecular formula is C19H13ClO4. The fourth-order valence-corrected chi connectivity index (χ4v) is 2.25. The predicted molar refractivity (Wildman–Crippen MR) is 92.4 cm³/mol. The molecule has 0 fully saturated rings. The lowest BCUT2D eigenvalue weighted by Gasteiger charge is -2.02. The van der Waals surface area contributed by atoms with Crippen molar-refractivity contribution >= 4 is 40.4 Å². The minimum absolute atomic E-state index is 0.218. The standard InChI is InChI=1S/C19H13ClO4/c20-12-19(22)23-15-6-3-4-13(10-15)8-9-16(21)18-11-14-5-1-2-7-17(14)24-18/h1-11H,12H2/b9-8+. The molecule has 0 aliphatic rings. The third-order valence-electron chi connectivity index (χ3n) is 3.29. The van der Waals surface area contributed by atoms with Gasteiger partial charge >= 0.3 is 5.97 Å². The second-order valence-corrected chi connectivity index (χ2v) is 5.29. The maximum absolute atomic E-state index is 12.2. The van der Waals surface area contributed by atoms with Gasteiger partial charge in [-0.15, -0.1) is 11.6 Å². The minimum atomic E-state index is -0.531. The lowest BCUT2D eigenvalue weighted by atomic mass is 10.1. The highest BCUT2D eigenvalue weighted by Gasteiger charge is 2.09. The van der Waals surface area contributed by atoms with Crippen LogP contribution in [0.25, 0.3) is 17.0 Å². The van der Waals surface area contributed by atoms with E-state index in [-0.39, 0.29) is 17.4 Å². The van der Waals surface area contributed by atoms with E-state index in [1.54, 1.807) is 36.4 Å². The number of halogens is 1. The molecule has 0 atom stereocenters. The molecule has 4 nitrogen and oxygen atoms in total. The Kier molecular flexibility index (Phi) is 4.77. The summed E-state index contributed by atoms with van der Waals surface area (Å²) in [5.41, 5.74) is 1.39. The molecule has 3 rings (SSSR count). The SMILES string of the molecule is O=C(CCl)Oc1cccc(/C=C/C(=O)c2cc3ccccc3o2)c1. The van der Waals surface area contributed by atoms with E-state index in [2.05, 4.69) is 0 Å². The molecule has 0 spiro atoms. The van der Waals surface area contributed by atoms with Gasteiger partial charge in [-0.1, -0.05) is 36.4 Å². The number of ether oxygens (including phenoxy) is 1. The van der Waals surface area contributed by atoms with Crippen molar-refractivity contribution in [2.45, 2.75) is 0 Å². The molecule has 0 saturated carbocycles. The number of rotatable bonds is 5. The van der Waals surface area contributed by atoms with Crippen LogP contribution in [0.2, 0.25) is 0 Å². The van der Waals surface area contributed by atoms with Crippen molar-refractivity contribution in [1.82, 2.24) is 0 Å². The molecule has 0 N–H and O–H groups in total. The van der Waals surface area contributed by atoms with Crippen molar-refractivity contribution in [3.05, 3.63) is 72.0 Å². The molecule has 0 radical (unpaired) electrons. The summed E-state index contributed by atoms with van der Waals surface area (Å²) in [4.78, 5) is 23.4. The molecule has 5 heteroatoms. The third kappa shape index (κ3) is 3.73. The fourth-order valence-electron chi connectivity index (χ4n) is 2.20. The van der Waals surface area contributed by atoms with Crippen LogP contribution in [0.3, 0.4) is 0 Å². The van der Waals surface area contributed by atoms with Crippen LogP contribution < -0.4 is 4.74 Å². The van der Waals surface area contributed by atoms with Crippen molar-refractivity contribution in [3.8, 4) is 5.75 Å². The highest BCUT2D eigenvalue weighted by molar-refractivity contribution is 6.26. The monoisotopic (exact) mass is 340 g/mol. The summed E-state index contributed by atoms with van der Waals surface area (Å²) in [5, 5.41) is 0.879. The largest absolute Gasteiger partial charge is 0.453 e. The molecule has 0 aliphatic heterocycles. The van der Waals surface area contributed by atoms with Gasteiger partial charge in [0.05, 0.1) is 0 Å². The van der Waals surface area contributed by atoms with Crippen LogP contribution in [-0.2, 0) is 4.79 Å². The quantitative estimate of drug-likeness (QED) is 0.226. The Labute approximate surface area is 143 Å². The first-order valence-electron chi connectivity index (χ1n) is 7.23. The second kappa shape index (κ2) is 7.15. The van der Waals surface area contributed by atoms with Gasteiger partial charge in [0.1, 0.15) is 17.2 Å². The van der Waals surface area contributed by atoms with Gasteiger partial charge in [0.25, 0.3) is 0 Å². The number of ketones is 1. The number of benzene rings is 2. The van der Waals surface area contributed by atoms with Gasteiger partial charge < -0.3 is 9.15 Å². The number of hydrogen-bond acceptors (Lipinski definition) is 4. The fraction of sp³-hybridized carbons (Fsp3) is 0.0526. The van der Waals surface area contributed by atoms with Crippen LogP contribution in [0.1, 0.15) is 16.1 Å². The lowest BCUT2D eigenvalue weighted by Crippen LogP contribution is -2.08. The smallest absolute Gasteiger partial charge is 0.326 e. The van der Waals surface area contributed by atoms with Crippen molar-refractivity contribution < 1.29 is 18.7 Å². The molecular weight excluding hydrogens is 328 g/mol. The number of hydrogen-bond donors (Lipinski definition) is 0. The average Bonchev–Trinajstić information content (AvgIpc) is 3.04. The Morgan fingerprint density at radius 2 is 1.92 bits per heavy atom. The normalized spacial score (nSPS) is 11.0. The Morgan fingerprint density at radius 1 is 1.08 bits per heavy atom. The van der Waals surface area contributed by atoms with Crippen LogP contribution in [0.5, 0.6) is 5.75 Å². The van der Waals surface area contributed by atoms with E-state index in [4.69, 9.17) is 20.8 Å². The lowest BCUT2D eigenvalue weighted by molar-refractivity contribution is -0.131. The van der Waals surface area contributed by atoms with Crippen molar-refractivity contribution in [2.24, 2.45) is 0 Å². The maximum atomic E-state index is 12.2. The molecule has 1 aromatic heterocycles. The molecule has 2 aromatic carbocycles. The van der Waals surface area contributed by atoms with Crippen LogP contribution in [0, 0.1) is 0 Å². The number of esters is 1. The number of carbonyl (C=O) groups is 2. The summed E-state index contributed by atoms with van der Waals surface area (Å²) >= 11 is 5.40. The zero-order chi connectivity index (χ0) is 16.9. The zero-order valence-corrected chi connectivity index (χ0v) is 13.3. The summed E-state index contributed by atoms with van der Waals surface area (Å²) in [6.07, 6.45) is 3.05. The first kappa shape index (κ1) is 16.0. The van der Waals surface area contributed by atoms with Gasteiger partial charge in [0.15, 0.2) is 5.76 Å². The predicted octanol–water partition coefficient (Wildman–Crippen LogP) is 4.47. The number of fused-ring (bicyclic) bond motifs is 1. The Morgan fingerprint density at radius 3 is 2.71 bits per heavy atom. The molecule has 0 aliphatic carbocycles. The number of furan rings is 1. The zero-order valence-electron chi connectivity index (χ0n) is 12.6. The number of allylic oxidation sites excluding steroid dienone is 1. The molecule has 1 heterocycles. The van der Waals surface area contributed by atoms with Crippen molar-refractivity contribution in [2.75, 3.05) is 5.88 Å². The number of alkyl halides is 1. The molecule has 0 bridgehead atoms. The minimum Gasteiger partial charge on any atom is -0.453 e. The maximum Gasteiger partial charge on any atom is 0.326 e. The second-order valence-electron chi connectivity index (χ2n) is 5.03. The summed E-state index contributed by atoms with van der Waals surface area (Å²) in [7, 11) is 0. The highest BCUT2D eigenvalue weighted by Crippen LogP contribution is 2.20. The first-order chi connectivity index (χ1) is 11.7. The van der Waals surface area contributed by atoms with Crippen LogP contribution in [0.4, 0.5) is 0 Å². The molecule has 0 amide bonds. The Bertz CT molecular complexity index is 891. The third-order valence-corrected chi connectivity index (χ3v) is 3.51. The summed E-state index contributed by atoms with van der Waals surface area (Å²) in [6, 6.07) is 15.9. The van der Waals surface area contributed by atoms with Gasteiger partial charge in [-0.05, 0) is 35.9 Å². The molecule has 3 aromatic rings. The number of para-hydroxylation sites is 1. The van der Waals surface area contributed by atoms with E-state index in [1.807, 2.05) is 24.3 Å². The van der Waals surface area contributed by atoms with Crippen LogP contribution in [-0.4, -0.2) is 17.6 Å². The van der Waals surface area contributed by atoms with E-state index in [9.17, 15) is 9.59 Å². The van der Waals surface area contributed by atoms with Crippen LogP contribution in [0.15, 0.2) is 65.1 Å². The molecule has 120 valence electrons. The molecule has 0 unspecified atom stereocenters. The van der Waals surface area contributed by atoms with E-state index >= 15 is 0 Å². The Balaban J connectivity index is 1.76. The highest BCUT2D eigenvalue weighted by atomic mass is 35.5. The number of carbonyl (C=O) groups excluding carboxylic acids is 2. The molecule has 0 saturated heterocycles. The van der Waals surface area contributed by atoms with Gasteiger partial charge in [0, 0.05) is 5.39 Å². The topological polar surface area (TPSA) is 56.5 Å². The molecule has 24 heavy (non-hydrogen) atoms. The summed E-state index contributed by atoms with van der Waals surface area (Å²) in [5.74, 6) is -0.341. The first-order valence-corrected chi connectivity index (χ1v) is 7.77. The van der Waals surface area contributed by atoms with E-state index in [0.29, 0.717) is 11.3 Å². The average molecular weight is 341 g/mol. The van der Waals surface area contributed by atoms with E-state index in [0.717, 1.165) is 10.9 Å². The van der Waals surface area contributed by atoms with Gasteiger partial charge in [-0.2, -0.15) is 0 Å². The van der Waals surface area contributed by atoms with E-state index < -0.39 is 5.97 Å². The van der Waals surface area contributed by atoms with Gasteiger partial charge in [0.2, 0.25) is 5.78 Å². The summed E-state index contributed by atoms with van der Waals surface area (Å²) < 4.78 is 10.6. The van der Waals surface area contributed by atoms with Gasteiger partial charge in [-0.3, -0.25) is 9.59 Å². The van der Waals surface area contributed by atoms with Crippen LogP contribution >= 0.6 is 11.6 Å². The summed E-state index contributed by atoms with van der Waals surface area (Å²) in [6.45, 7) is 0. The van der Waals surface area contributed by atoms with Gasteiger partial charge in [-0.25, -0.2) is 0 Å². The van der Waals surface area contributed by atoms with Crippen molar-refractivity contribution in [3.63, 3.8) is 0 Å².